The maximum Gasteiger partial charge on any atom is 0.243 e. The minimum atomic E-state index is -3.89. The number of hydrogen-bond acceptors (Lipinski definition) is 4. The molecule has 0 aliphatic heterocycles. The summed E-state index contributed by atoms with van der Waals surface area (Å²) in [6.07, 6.45) is 2.68. The summed E-state index contributed by atoms with van der Waals surface area (Å²) in [6.45, 7) is 2.20. The third-order valence-corrected chi connectivity index (χ3v) is 8.74. The molecule has 0 bridgehead atoms. The van der Waals surface area contributed by atoms with Gasteiger partial charge >= 0.3 is 0 Å². The van der Waals surface area contributed by atoms with Crippen molar-refractivity contribution in [2.75, 3.05) is 23.7 Å². The highest BCUT2D eigenvalue weighted by atomic mass is 35.5. The van der Waals surface area contributed by atoms with E-state index < -0.39 is 33.6 Å². The van der Waals surface area contributed by atoms with Crippen LogP contribution >= 0.6 is 23.2 Å². The molecule has 0 radical (unpaired) electrons. The predicted octanol–water partition coefficient (Wildman–Crippen LogP) is 6.37. The number of hydrogen-bond donors (Lipinski definition) is 1. The molecule has 1 N–H and O–H groups in total. The number of benzene rings is 3. The number of halogens is 4. The van der Waals surface area contributed by atoms with Crippen molar-refractivity contribution in [3.8, 4) is 0 Å². The molecule has 0 aliphatic rings. The third-order valence-electron chi connectivity index (χ3n) is 6.83. The molecule has 1 atom stereocenters. The van der Waals surface area contributed by atoms with Gasteiger partial charge in [-0.3, -0.25) is 13.9 Å². The number of nitrogens with zero attached hydrogens (tertiary/aromatic N) is 2. The third kappa shape index (κ3) is 9.91. The smallest absolute Gasteiger partial charge is 0.243 e. The average molecular weight is 655 g/mol. The summed E-state index contributed by atoms with van der Waals surface area (Å²) in [5.41, 5.74) is 1.24. The molecule has 0 unspecified atom stereocenters. The summed E-state index contributed by atoms with van der Waals surface area (Å²) in [4.78, 5) is 28.9. The van der Waals surface area contributed by atoms with Crippen LogP contribution in [-0.4, -0.2) is 50.5 Å². The van der Waals surface area contributed by atoms with Gasteiger partial charge in [0.15, 0.2) is 11.6 Å². The van der Waals surface area contributed by atoms with Crippen LogP contribution in [0.1, 0.15) is 43.7 Å². The van der Waals surface area contributed by atoms with Gasteiger partial charge in [-0.05, 0) is 42.7 Å². The van der Waals surface area contributed by atoms with Crippen LogP contribution in [-0.2, 0) is 32.6 Å². The van der Waals surface area contributed by atoms with Crippen molar-refractivity contribution in [2.24, 2.45) is 0 Å². The standard InChI is InChI=1S/C31H35Cl2F2N3O4S/c1-3-4-17-36-31(40)29(19-22-10-6-5-7-11-22)37(21-24-25(32)12-8-13-26(24)33)30(39)14-9-18-38(43(2,41)42)23-15-16-27(34)28(35)20-23/h5-8,10-13,15-16,20,29H,3-4,9,14,17-19,21H2,1-2H3,(H,36,40)/t29-/m1/s1. The molecule has 12 heteroatoms. The lowest BCUT2D eigenvalue weighted by Crippen LogP contribution is -2.50. The fourth-order valence-corrected chi connectivity index (χ4v) is 6.03. The van der Waals surface area contributed by atoms with E-state index in [1.807, 2.05) is 37.3 Å². The molecule has 3 aromatic rings. The molecular formula is C31H35Cl2F2N3O4S. The van der Waals surface area contributed by atoms with Gasteiger partial charge in [0.1, 0.15) is 6.04 Å². The summed E-state index contributed by atoms with van der Waals surface area (Å²) in [6, 6.07) is 16.1. The van der Waals surface area contributed by atoms with Gasteiger partial charge in [0.2, 0.25) is 21.8 Å². The maximum atomic E-state index is 13.9. The summed E-state index contributed by atoms with van der Waals surface area (Å²) in [5, 5.41) is 3.59. The van der Waals surface area contributed by atoms with Crippen molar-refractivity contribution in [1.82, 2.24) is 10.2 Å². The Morgan fingerprint density at radius 3 is 2.21 bits per heavy atom. The fraction of sp³-hybridized carbons (Fsp3) is 0.355. The van der Waals surface area contributed by atoms with Crippen molar-refractivity contribution in [3.63, 3.8) is 0 Å². The van der Waals surface area contributed by atoms with Crippen LogP contribution in [0.2, 0.25) is 10.0 Å². The molecule has 0 aliphatic carbocycles. The highest BCUT2D eigenvalue weighted by molar-refractivity contribution is 7.92. The van der Waals surface area contributed by atoms with Crippen LogP contribution in [0.25, 0.3) is 0 Å². The van der Waals surface area contributed by atoms with Gasteiger partial charge < -0.3 is 10.2 Å². The van der Waals surface area contributed by atoms with Crippen LogP contribution < -0.4 is 9.62 Å². The number of unbranched alkanes of at least 4 members (excludes halogenated alkanes) is 1. The van der Waals surface area contributed by atoms with Gasteiger partial charge in [-0.1, -0.05) is 72.9 Å². The minimum Gasteiger partial charge on any atom is -0.354 e. The molecule has 2 amide bonds. The Morgan fingerprint density at radius 1 is 0.930 bits per heavy atom. The van der Waals surface area contributed by atoms with Crippen LogP contribution in [0.15, 0.2) is 66.7 Å². The number of carbonyl (C=O) groups excluding carboxylic acids is 2. The number of amides is 2. The van der Waals surface area contributed by atoms with E-state index in [0.29, 0.717) is 22.2 Å². The highest BCUT2D eigenvalue weighted by Gasteiger charge is 2.31. The van der Waals surface area contributed by atoms with Gasteiger partial charge in [-0.25, -0.2) is 17.2 Å². The summed E-state index contributed by atoms with van der Waals surface area (Å²) < 4.78 is 53.3. The van der Waals surface area contributed by atoms with E-state index in [1.54, 1.807) is 18.2 Å². The topological polar surface area (TPSA) is 86.8 Å². The van der Waals surface area contributed by atoms with Gasteiger partial charge in [0.05, 0.1) is 11.9 Å². The molecule has 0 saturated heterocycles. The number of carbonyl (C=O) groups is 2. The zero-order chi connectivity index (χ0) is 31.6. The first kappa shape index (κ1) is 34.3. The van der Waals surface area contributed by atoms with E-state index in [2.05, 4.69) is 5.32 Å². The molecular weight excluding hydrogens is 619 g/mol. The van der Waals surface area contributed by atoms with E-state index in [4.69, 9.17) is 23.2 Å². The van der Waals surface area contributed by atoms with E-state index in [9.17, 15) is 26.8 Å². The Kier molecular flexibility index (Phi) is 12.8. The van der Waals surface area contributed by atoms with Crippen molar-refractivity contribution in [2.45, 2.75) is 51.6 Å². The monoisotopic (exact) mass is 653 g/mol. The maximum absolute atomic E-state index is 13.9. The molecule has 0 heterocycles. The second-order valence-corrected chi connectivity index (χ2v) is 12.8. The molecule has 232 valence electrons. The van der Waals surface area contributed by atoms with Gasteiger partial charge in [0, 0.05) is 54.2 Å². The van der Waals surface area contributed by atoms with Crippen LogP contribution in [0.4, 0.5) is 14.5 Å². The molecule has 3 aromatic carbocycles. The lowest BCUT2D eigenvalue weighted by molar-refractivity contribution is -0.141. The zero-order valence-electron chi connectivity index (χ0n) is 24.0. The Balaban J connectivity index is 1.92. The number of sulfonamides is 1. The number of rotatable bonds is 15. The van der Waals surface area contributed by atoms with Gasteiger partial charge in [0.25, 0.3) is 0 Å². The molecule has 3 rings (SSSR count). The number of nitrogens with one attached hydrogen (secondary N) is 1. The van der Waals surface area contributed by atoms with E-state index in [-0.39, 0.29) is 43.9 Å². The van der Waals surface area contributed by atoms with E-state index in [1.165, 1.54) is 4.90 Å². The van der Waals surface area contributed by atoms with Crippen LogP contribution in [0.3, 0.4) is 0 Å². The van der Waals surface area contributed by atoms with E-state index in [0.717, 1.165) is 47.2 Å². The van der Waals surface area contributed by atoms with Crippen LogP contribution in [0, 0.1) is 11.6 Å². The van der Waals surface area contributed by atoms with Crippen molar-refractivity contribution in [1.29, 1.82) is 0 Å². The van der Waals surface area contributed by atoms with Crippen molar-refractivity contribution >= 4 is 50.7 Å². The molecule has 7 nitrogen and oxygen atoms in total. The number of anilines is 1. The average Bonchev–Trinajstić information content (AvgIpc) is 2.95. The lowest BCUT2D eigenvalue weighted by Gasteiger charge is -2.32. The molecule has 0 saturated carbocycles. The van der Waals surface area contributed by atoms with Crippen LogP contribution in [0.5, 0.6) is 0 Å². The SMILES string of the molecule is CCCCNC(=O)[C@@H](Cc1ccccc1)N(Cc1c(Cl)cccc1Cl)C(=O)CCCN(c1ccc(F)c(F)c1)S(C)(=O)=O. The fourth-order valence-electron chi connectivity index (χ4n) is 4.56. The van der Waals surface area contributed by atoms with Crippen molar-refractivity contribution in [3.05, 3.63) is 99.5 Å². The summed E-state index contributed by atoms with van der Waals surface area (Å²) in [7, 11) is -3.89. The Hall–Kier alpha value is -3.21. The quantitative estimate of drug-likeness (QED) is 0.193. The summed E-state index contributed by atoms with van der Waals surface area (Å²) in [5.74, 6) is -3.07. The van der Waals surface area contributed by atoms with E-state index >= 15 is 0 Å². The minimum absolute atomic E-state index is 0.0349. The Morgan fingerprint density at radius 2 is 1.60 bits per heavy atom. The first-order valence-electron chi connectivity index (χ1n) is 13.9. The second-order valence-electron chi connectivity index (χ2n) is 10.1. The van der Waals surface area contributed by atoms with Crippen molar-refractivity contribution < 1.29 is 26.8 Å². The van der Waals surface area contributed by atoms with Gasteiger partial charge in [-0.15, -0.1) is 0 Å². The zero-order valence-corrected chi connectivity index (χ0v) is 26.4. The molecule has 43 heavy (non-hydrogen) atoms. The first-order chi connectivity index (χ1) is 20.4. The molecule has 0 spiro atoms. The predicted molar refractivity (Wildman–Crippen MR) is 167 cm³/mol. The highest BCUT2D eigenvalue weighted by Crippen LogP contribution is 2.28. The lowest BCUT2D eigenvalue weighted by atomic mass is 10.0. The molecule has 0 fully saturated rings. The Labute approximate surface area is 261 Å². The Bertz CT molecular complexity index is 1490. The first-order valence-corrected chi connectivity index (χ1v) is 16.5. The normalized spacial score (nSPS) is 12.0. The molecule has 0 aromatic heterocycles. The second kappa shape index (κ2) is 16.0. The summed E-state index contributed by atoms with van der Waals surface area (Å²) >= 11 is 12.9. The van der Waals surface area contributed by atoms with Gasteiger partial charge in [-0.2, -0.15) is 0 Å². The largest absolute Gasteiger partial charge is 0.354 e.